The molecule has 0 aromatic heterocycles. The number of alkyl halides is 2. The number of benzene rings is 1. The first kappa shape index (κ1) is 13.9. The maximum Gasteiger partial charge on any atom is 0.341 e. The Hall–Kier alpha value is -1.17. The van der Waals surface area contributed by atoms with E-state index in [9.17, 15) is 17.2 Å². The molecule has 0 bridgehead atoms. The molecule has 96 valence electrons. The van der Waals surface area contributed by atoms with E-state index < -0.39 is 15.6 Å². The van der Waals surface area contributed by atoms with E-state index in [4.69, 9.17) is 0 Å². The lowest BCUT2D eigenvalue weighted by atomic mass is 10.2. The summed E-state index contributed by atoms with van der Waals surface area (Å²) in [7, 11) is -4.49. The van der Waals surface area contributed by atoms with Crippen LogP contribution in [0.3, 0.4) is 0 Å². The second-order valence-corrected chi connectivity index (χ2v) is 6.02. The van der Waals surface area contributed by atoms with Crippen LogP contribution < -0.4 is 5.32 Å². The number of halogens is 2. The van der Waals surface area contributed by atoms with E-state index in [2.05, 4.69) is 5.32 Å². The summed E-state index contributed by atoms with van der Waals surface area (Å²) in [6, 6.07) is 5.34. The zero-order valence-corrected chi connectivity index (χ0v) is 10.5. The molecule has 0 spiro atoms. The summed E-state index contributed by atoms with van der Waals surface area (Å²) < 4.78 is 46.8. The number of hydrogen-bond acceptors (Lipinski definition) is 3. The lowest BCUT2D eigenvalue weighted by Gasteiger charge is -2.09. The van der Waals surface area contributed by atoms with E-state index in [-0.39, 0.29) is 4.90 Å². The molecule has 3 nitrogen and oxygen atoms in total. The largest absolute Gasteiger partial charge is 0.385 e. The van der Waals surface area contributed by atoms with Gasteiger partial charge >= 0.3 is 5.76 Å². The number of sulfone groups is 1. The Labute approximate surface area is 99.8 Å². The van der Waals surface area contributed by atoms with Crippen molar-refractivity contribution in [1.29, 1.82) is 0 Å². The molecule has 0 saturated heterocycles. The second kappa shape index (κ2) is 5.44. The monoisotopic (exact) mass is 263 g/mol. The van der Waals surface area contributed by atoms with Crippen LogP contribution in [0.1, 0.15) is 13.8 Å². The van der Waals surface area contributed by atoms with Gasteiger partial charge in [0.15, 0.2) is 0 Å². The van der Waals surface area contributed by atoms with E-state index >= 15 is 0 Å². The highest BCUT2D eigenvalue weighted by Crippen LogP contribution is 2.20. The van der Waals surface area contributed by atoms with E-state index in [1.54, 1.807) is 0 Å². The first-order valence-corrected chi connectivity index (χ1v) is 6.74. The third-order valence-electron chi connectivity index (χ3n) is 2.13. The molecule has 0 atom stereocenters. The summed E-state index contributed by atoms with van der Waals surface area (Å²) in [4.78, 5) is -0.359. The van der Waals surface area contributed by atoms with E-state index in [1.165, 1.54) is 24.3 Å². The normalized spacial score (nSPS) is 12.1. The van der Waals surface area contributed by atoms with Crippen LogP contribution in [0.4, 0.5) is 14.5 Å². The SMILES string of the molecule is CC(C)CNc1ccc(S(=O)(=O)C(F)F)cc1. The van der Waals surface area contributed by atoms with Crippen molar-refractivity contribution in [3.8, 4) is 0 Å². The average molecular weight is 263 g/mol. The molecule has 0 aliphatic heterocycles. The highest BCUT2D eigenvalue weighted by Gasteiger charge is 2.26. The fraction of sp³-hybridized carbons (Fsp3) is 0.455. The maximum atomic E-state index is 12.2. The van der Waals surface area contributed by atoms with Crippen molar-refractivity contribution in [2.24, 2.45) is 5.92 Å². The molecule has 0 amide bonds. The molecule has 0 heterocycles. The minimum atomic E-state index is -4.49. The molecule has 1 aromatic carbocycles. The number of rotatable bonds is 5. The number of nitrogens with one attached hydrogen (secondary N) is 1. The van der Waals surface area contributed by atoms with Crippen LogP contribution in [-0.2, 0) is 9.84 Å². The molecule has 0 saturated carbocycles. The van der Waals surface area contributed by atoms with Gasteiger partial charge in [-0.05, 0) is 30.2 Å². The standard InChI is InChI=1S/C11H15F2NO2S/c1-8(2)7-14-9-3-5-10(6-4-9)17(15,16)11(12)13/h3-6,8,11,14H,7H2,1-2H3. The van der Waals surface area contributed by atoms with Gasteiger partial charge in [-0.1, -0.05) is 13.8 Å². The average Bonchev–Trinajstić information content (AvgIpc) is 2.26. The predicted octanol–water partition coefficient (Wildman–Crippen LogP) is 2.75. The van der Waals surface area contributed by atoms with Crippen LogP contribution in [0, 0.1) is 5.92 Å². The summed E-state index contributed by atoms with van der Waals surface area (Å²) in [5.41, 5.74) is 0.715. The minimum Gasteiger partial charge on any atom is -0.385 e. The van der Waals surface area contributed by atoms with Gasteiger partial charge < -0.3 is 5.32 Å². The highest BCUT2D eigenvalue weighted by atomic mass is 32.2. The van der Waals surface area contributed by atoms with Gasteiger partial charge in [0.1, 0.15) is 0 Å². The van der Waals surface area contributed by atoms with Crippen LogP contribution in [0.2, 0.25) is 0 Å². The second-order valence-electron chi connectivity index (χ2n) is 4.10. The quantitative estimate of drug-likeness (QED) is 0.888. The first-order chi connectivity index (χ1) is 7.84. The Morgan fingerprint density at radius 1 is 1.18 bits per heavy atom. The molecule has 0 unspecified atom stereocenters. The first-order valence-electron chi connectivity index (χ1n) is 5.20. The van der Waals surface area contributed by atoms with Gasteiger partial charge in [0.25, 0.3) is 0 Å². The third-order valence-corrected chi connectivity index (χ3v) is 3.53. The smallest absolute Gasteiger partial charge is 0.341 e. The summed E-state index contributed by atoms with van der Waals surface area (Å²) in [6.07, 6.45) is 0. The third kappa shape index (κ3) is 3.66. The van der Waals surface area contributed by atoms with Gasteiger partial charge in [0.05, 0.1) is 4.90 Å². The Morgan fingerprint density at radius 2 is 1.71 bits per heavy atom. The van der Waals surface area contributed by atoms with Gasteiger partial charge in [-0.3, -0.25) is 0 Å². The molecule has 1 N–H and O–H groups in total. The molecular weight excluding hydrogens is 248 g/mol. The van der Waals surface area contributed by atoms with Crippen molar-refractivity contribution in [3.05, 3.63) is 24.3 Å². The summed E-state index contributed by atoms with van der Waals surface area (Å²) in [5, 5.41) is 3.07. The van der Waals surface area contributed by atoms with Crippen molar-refractivity contribution in [2.45, 2.75) is 24.5 Å². The molecule has 0 fully saturated rings. The van der Waals surface area contributed by atoms with Gasteiger partial charge in [-0.15, -0.1) is 0 Å². The number of hydrogen-bond donors (Lipinski definition) is 1. The zero-order chi connectivity index (χ0) is 13.1. The Balaban J connectivity index is 2.82. The van der Waals surface area contributed by atoms with Gasteiger partial charge in [0.2, 0.25) is 9.84 Å². The summed E-state index contributed by atoms with van der Waals surface area (Å²) in [5.74, 6) is -2.93. The fourth-order valence-corrected chi connectivity index (χ4v) is 1.91. The van der Waals surface area contributed by atoms with Crippen LogP contribution in [0.15, 0.2) is 29.2 Å². The van der Waals surface area contributed by atoms with E-state index in [0.29, 0.717) is 11.6 Å². The van der Waals surface area contributed by atoms with Gasteiger partial charge in [-0.25, -0.2) is 8.42 Å². The van der Waals surface area contributed by atoms with Crippen LogP contribution in [0.5, 0.6) is 0 Å². The molecule has 1 aromatic rings. The Morgan fingerprint density at radius 3 is 2.12 bits per heavy atom. The fourth-order valence-electron chi connectivity index (χ4n) is 1.19. The number of anilines is 1. The lowest BCUT2D eigenvalue weighted by Crippen LogP contribution is -2.12. The van der Waals surface area contributed by atoms with Crippen LogP contribution in [0.25, 0.3) is 0 Å². The van der Waals surface area contributed by atoms with E-state index in [1.807, 2.05) is 13.8 Å². The van der Waals surface area contributed by atoms with E-state index in [0.717, 1.165) is 6.54 Å². The van der Waals surface area contributed by atoms with Crippen LogP contribution in [-0.4, -0.2) is 20.7 Å². The molecule has 1 rings (SSSR count). The molecule has 0 aliphatic carbocycles. The van der Waals surface area contributed by atoms with Crippen molar-refractivity contribution in [1.82, 2.24) is 0 Å². The van der Waals surface area contributed by atoms with Crippen LogP contribution >= 0.6 is 0 Å². The molecule has 6 heteroatoms. The van der Waals surface area contributed by atoms with Crippen molar-refractivity contribution in [3.63, 3.8) is 0 Å². The Bertz CT molecular complexity index is 455. The zero-order valence-electron chi connectivity index (χ0n) is 9.65. The van der Waals surface area contributed by atoms with Crippen molar-refractivity contribution in [2.75, 3.05) is 11.9 Å². The Kier molecular flexibility index (Phi) is 4.45. The minimum absolute atomic E-state index is 0.359. The predicted molar refractivity (Wildman–Crippen MR) is 63.0 cm³/mol. The molecular formula is C11H15F2NO2S. The highest BCUT2D eigenvalue weighted by molar-refractivity contribution is 7.91. The summed E-state index contributed by atoms with van der Waals surface area (Å²) in [6.45, 7) is 4.80. The molecule has 17 heavy (non-hydrogen) atoms. The van der Waals surface area contributed by atoms with Crippen molar-refractivity contribution < 1.29 is 17.2 Å². The maximum absolute atomic E-state index is 12.2. The summed E-state index contributed by atoms with van der Waals surface area (Å²) >= 11 is 0. The molecule has 0 radical (unpaired) electrons. The van der Waals surface area contributed by atoms with Gasteiger partial charge in [0, 0.05) is 12.2 Å². The molecule has 0 aliphatic rings. The lowest BCUT2D eigenvalue weighted by molar-refractivity contribution is 0.234. The topological polar surface area (TPSA) is 46.2 Å². The van der Waals surface area contributed by atoms with Gasteiger partial charge in [-0.2, -0.15) is 8.78 Å². The van der Waals surface area contributed by atoms with Crippen molar-refractivity contribution >= 4 is 15.5 Å².